The summed E-state index contributed by atoms with van der Waals surface area (Å²) in [6, 6.07) is 8.37. The third-order valence-corrected chi connectivity index (χ3v) is 2.96. The number of para-hydroxylation sites is 1. The molecule has 86 valence electrons. The lowest BCUT2D eigenvalue weighted by atomic mass is 10.0. The summed E-state index contributed by atoms with van der Waals surface area (Å²) < 4.78 is 0. The summed E-state index contributed by atoms with van der Waals surface area (Å²) in [5.74, 6) is 0. The number of aryl methyl sites for hydroxylation is 1. The minimum absolute atomic E-state index is 0.0960. The number of hydrogen-bond acceptors (Lipinski definition) is 2. The first-order valence-corrected chi connectivity index (χ1v) is 5.72. The molecule has 0 saturated heterocycles. The van der Waals surface area contributed by atoms with Gasteiger partial charge in [-0.15, -0.1) is 0 Å². The maximum absolute atomic E-state index is 8.78. The molecule has 2 aromatic rings. The van der Waals surface area contributed by atoms with Crippen molar-refractivity contribution in [1.82, 2.24) is 4.98 Å². The van der Waals surface area contributed by atoms with Gasteiger partial charge in [-0.25, -0.2) is 0 Å². The second-order valence-electron chi connectivity index (χ2n) is 4.17. The molecule has 0 amide bonds. The van der Waals surface area contributed by atoms with Crippen molar-refractivity contribution in [3.63, 3.8) is 0 Å². The summed E-state index contributed by atoms with van der Waals surface area (Å²) in [6.07, 6.45) is 4.62. The molecule has 1 heterocycles. The van der Waals surface area contributed by atoms with E-state index in [4.69, 9.17) is 10.8 Å². The molecule has 16 heavy (non-hydrogen) atoms. The third kappa shape index (κ3) is 2.43. The molecule has 0 spiro atoms. The molecule has 0 fully saturated rings. The van der Waals surface area contributed by atoms with Crippen molar-refractivity contribution in [2.45, 2.75) is 25.3 Å². The van der Waals surface area contributed by atoms with Crippen LogP contribution in [-0.2, 0) is 6.42 Å². The standard InChI is InChI=1S/C13H18N2O/c14-11(7-8-16)6-5-10-9-15-13-4-2-1-3-12(10)13/h1-4,9,11,15-16H,5-8,14H2. The molecule has 0 aliphatic carbocycles. The van der Waals surface area contributed by atoms with Crippen LogP contribution in [0.4, 0.5) is 0 Å². The fourth-order valence-electron chi connectivity index (χ4n) is 1.99. The number of fused-ring (bicyclic) bond motifs is 1. The van der Waals surface area contributed by atoms with Crippen LogP contribution in [0.2, 0.25) is 0 Å². The average molecular weight is 218 g/mol. The number of aromatic nitrogens is 1. The molecule has 0 radical (unpaired) electrons. The number of nitrogens with two attached hydrogens (primary N) is 1. The van der Waals surface area contributed by atoms with Gasteiger partial charge in [-0.1, -0.05) is 18.2 Å². The minimum Gasteiger partial charge on any atom is -0.396 e. The fraction of sp³-hybridized carbons (Fsp3) is 0.385. The molecular formula is C13H18N2O. The Hall–Kier alpha value is -1.32. The highest BCUT2D eigenvalue weighted by Gasteiger charge is 2.06. The van der Waals surface area contributed by atoms with Crippen LogP contribution in [0.25, 0.3) is 10.9 Å². The quantitative estimate of drug-likeness (QED) is 0.716. The predicted octanol–water partition coefficient (Wildman–Crippen LogP) is 1.81. The zero-order chi connectivity index (χ0) is 11.4. The van der Waals surface area contributed by atoms with Crippen molar-refractivity contribution in [3.8, 4) is 0 Å². The first kappa shape index (κ1) is 11.2. The molecule has 3 nitrogen and oxygen atoms in total. The zero-order valence-corrected chi connectivity index (χ0v) is 9.32. The van der Waals surface area contributed by atoms with Crippen molar-refractivity contribution in [3.05, 3.63) is 36.0 Å². The molecule has 1 aromatic carbocycles. The van der Waals surface area contributed by atoms with Crippen LogP contribution < -0.4 is 5.73 Å². The van der Waals surface area contributed by atoms with Gasteiger partial charge in [-0.3, -0.25) is 0 Å². The van der Waals surface area contributed by atoms with Crippen molar-refractivity contribution in [2.75, 3.05) is 6.61 Å². The van der Waals surface area contributed by atoms with Crippen LogP contribution in [0, 0.1) is 0 Å². The van der Waals surface area contributed by atoms with Gasteiger partial charge >= 0.3 is 0 Å². The second kappa shape index (κ2) is 5.14. The van der Waals surface area contributed by atoms with Crippen molar-refractivity contribution in [1.29, 1.82) is 0 Å². The Kier molecular flexibility index (Phi) is 3.59. The van der Waals surface area contributed by atoms with Crippen molar-refractivity contribution >= 4 is 10.9 Å². The average Bonchev–Trinajstić information content (AvgIpc) is 2.70. The van der Waals surface area contributed by atoms with E-state index in [9.17, 15) is 0 Å². The predicted molar refractivity (Wildman–Crippen MR) is 66.3 cm³/mol. The lowest BCUT2D eigenvalue weighted by Gasteiger charge is -2.08. The monoisotopic (exact) mass is 218 g/mol. The van der Waals surface area contributed by atoms with Gasteiger partial charge in [0, 0.05) is 29.7 Å². The highest BCUT2D eigenvalue weighted by Crippen LogP contribution is 2.19. The summed E-state index contributed by atoms with van der Waals surface area (Å²) in [7, 11) is 0. The molecular weight excluding hydrogens is 200 g/mol. The number of aliphatic hydroxyl groups is 1. The number of benzene rings is 1. The van der Waals surface area contributed by atoms with E-state index in [1.54, 1.807) is 0 Å². The first-order valence-electron chi connectivity index (χ1n) is 5.72. The third-order valence-electron chi connectivity index (χ3n) is 2.96. The van der Waals surface area contributed by atoms with Gasteiger partial charge in [0.15, 0.2) is 0 Å². The maximum atomic E-state index is 8.78. The summed E-state index contributed by atoms with van der Waals surface area (Å²) >= 11 is 0. The largest absolute Gasteiger partial charge is 0.396 e. The van der Waals surface area contributed by atoms with E-state index in [0.29, 0.717) is 6.42 Å². The Balaban J connectivity index is 2.04. The Morgan fingerprint density at radius 1 is 1.25 bits per heavy atom. The smallest absolute Gasteiger partial charge is 0.0456 e. The van der Waals surface area contributed by atoms with Gasteiger partial charge in [0.05, 0.1) is 0 Å². The molecule has 0 bridgehead atoms. The molecule has 1 atom stereocenters. The minimum atomic E-state index is 0.0960. The number of rotatable bonds is 5. The van der Waals surface area contributed by atoms with Gasteiger partial charge in [0.2, 0.25) is 0 Å². The molecule has 3 heteroatoms. The highest BCUT2D eigenvalue weighted by molar-refractivity contribution is 5.82. The van der Waals surface area contributed by atoms with Crippen molar-refractivity contribution in [2.24, 2.45) is 5.73 Å². The molecule has 4 N–H and O–H groups in total. The van der Waals surface area contributed by atoms with Crippen LogP contribution in [0.15, 0.2) is 30.5 Å². The lowest BCUT2D eigenvalue weighted by Crippen LogP contribution is -2.21. The van der Waals surface area contributed by atoms with Crippen molar-refractivity contribution < 1.29 is 5.11 Å². The van der Waals surface area contributed by atoms with Crippen LogP contribution in [-0.4, -0.2) is 22.7 Å². The number of nitrogens with one attached hydrogen (secondary N) is 1. The van der Waals surface area contributed by atoms with E-state index < -0.39 is 0 Å². The zero-order valence-electron chi connectivity index (χ0n) is 9.32. The van der Waals surface area contributed by atoms with Crippen LogP contribution in [0.1, 0.15) is 18.4 Å². The van der Waals surface area contributed by atoms with E-state index in [1.807, 2.05) is 12.1 Å². The van der Waals surface area contributed by atoms with Crippen LogP contribution in [0.5, 0.6) is 0 Å². The molecule has 1 unspecified atom stereocenters. The Bertz CT molecular complexity index is 450. The topological polar surface area (TPSA) is 62.0 Å². The highest BCUT2D eigenvalue weighted by atomic mass is 16.3. The molecule has 0 aliphatic rings. The number of H-pyrrole nitrogens is 1. The second-order valence-corrected chi connectivity index (χ2v) is 4.17. The van der Waals surface area contributed by atoms with E-state index >= 15 is 0 Å². The van der Waals surface area contributed by atoms with Gasteiger partial charge in [0.1, 0.15) is 0 Å². The number of aliphatic hydroxyl groups excluding tert-OH is 1. The van der Waals surface area contributed by atoms with Crippen LogP contribution >= 0.6 is 0 Å². The Labute approximate surface area is 95.3 Å². The summed E-state index contributed by atoms with van der Waals surface area (Å²) in [6.45, 7) is 0.176. The van der Waals surface area contributed by atoms with E-state index in [0.717, 1.165) is 12.8 Å². The van der Waals surface area contributed by atoms with E-state index in [2.05, 4.69) is 23.3 Å². The van der Waals surface area contributed by atoms with E-state index in [-0.39, 0.29) is 12.6 Å². The molecule has 0 saturated carbocycles. The summed E-state index contributed by atoms with van der Waals surface area (Å²) in [5.41, 5.74) is 8.36. The van der Waals surface area contributed by atoms with Gasteiger partial charge < -0.3 is 15.8 Å². The number of aromatic amines is 1. The lowest BCUT2D eigenvalue weighted by molar-refractivity contribution is 0.273. The maximum Gasteiger partial charge on any atom is 0.0456 e. The first-order chi connectivity index (χ1) is 7.81. The number of hydrogen-bond donors (Lipinski definition) is 3. The van der Waals surface area contributed by atoms with E-state index in [1.165, 1.54) is 16.5 Å². The summed E-state index contributed by atoms with van der Waals surface area (Å²) in [4.78, 5) is 3.25. The Morgan fingerprint density at radius 3 is 2.88 bits per heavy atom. The fourth-order valence-corrected chi connectivity index (χ4v) is 1.99. The summed E-state index contributed by atoms with van der Waals surface area (Å²) in [5, 5.41) is 10.1. The van der Waals surface area contributed by atoms with Gasteiger partial charge in [-0.05, 0) is 30.9 Å². The van der Waals surface area contributed by atoms with Crippen LogP contribution in [0.3, 0.4) is 0 Å². The molecule has 0 aliphatic heterocycles. The van der Waals surface area contributed by atoms with Gasteiger partial charge in [-0.2, -0.15) is 0 Å². The SMILES string of the molecule is NC(CCO)CCc1c[nH]c2ccccc12. The Morgan fingerprint density at radius 2 is 2.06 bits per heavy atom. The molecule has 2 rings (SSSR count). The normalized spacial score (nSPS) is 13.1. The van der Waals surface area contributed by atoms with Gasteiger partial charge in [0.25, 0.3) is 0 Å². The molecule has 1 aromatic heterocycles.